The predicted octanol–water partition coefficient (Wildman–Crippen LogP) is 3.65. The second-order valence-corrected chi connectivity index (χ2v) is 5.22. The highest BCUT2D eigenvalue weighted by atomic mass is 16.5. The van der Waals surface area contributed by atoms with Crippen LogP contribution in [0.25, 0.3) is 17.2 Å². The highest BCUT2D eigenvalue weighted by Gasteiger charge is 2.13. The highest BCUT2D eigenvalue weighted by Crippen LogP contribution is 2.17. The molecule has 3 rings (SSSR count). The number of hydrogen-bond donors (Lipinski definition) is 0. The predicted molar refractivity (Wildman–Crippen MR) is 89.2 cm³/mol. The molecule has 23 heavy (non-hydrogen) atoms. The molecule has 2 aromatic heterocycles. The molecule has 0 saturated carbocycles. The standard InChI is InChI=1S/C18H20N4O/c1-2-3-13-23-14-17-20-18(15-9-5-4-6-10-15)21-22(17)16-11-7-8-12-19-16/h4-12H,2-3,13-14H2,1H3. The van der Waals surface area contributed by atoms with E-state index in [0.717, 1.165) is 36.7 Å². The van der Waals surface area contributed by atoms with Crippen molar-refractivity contribution >= 4 is 0 Å². The van der Waals surface area contributed by atoms with Gasteiger partial charge < -0.3 is 4.74 Å². The van der Waals surface area contributed by atoms with Gasteiger partial charge in [-0.15, -0.1) is 5.10 Å². The first-order chi connectivity index (χ1) is 11.4. The Hall–Kier alpha value is -2.53. The minimum Gasteiger partial charge on any atom is -0.373 e. The van der Waals surface area contributed by atoms with Crippen molar-refractivity contribution in [2.75, 3.05) is 6.61 Å². The number of ether oxygens (including phenoxy) is 1. The van der Waals surface area contributed by atoms with Gasteiger partial charge in [0.15, 0.2) is 17.5 Å². The molecule has 3 aromatic rings. The van der Waals surface area contributed by atoms with E-state index in [4.69, 9.17) is 4.74 Å². The number of hydrogen-bond acceptors (Lipinski definition) is 4. The van der Waals surface area contributed by atoms with Crippen molar-refractivity contribution in [1.82, 2.24) is 19.7 Å². The van der Waals surface area contributed by atoms with Crippen molar-refractivity contribution in [3.05, 3.63) is 60.6 Å². The van der Waals surface area contributed by atoms with Gasteiger partial charge in [-0.2, -0.15) is 4.68 Å². The van der Waals surface area contributed by atoms with Gasteiger partial charge in [0, 0.05) is 18.4 Å². The average Bonchev–Trinajstić information content (AvgIpc) is 3.04. The summed E-state index contributed by atoms with van der Waals surface area (Å²) in [4.78, 5) is 9.01. The molecule has 1 aromatic carbocycles. The SMILES string of the molecule is CCCCOCc1nc(-c2ccccc2)nn1-c1ccccn1. The van der Waals surface area contributed by atoms with E-state index in [0.29, 0.717) is 12.4 Å². The fourth-order valence-corrected chi connectivity index (χ4v) is 2.22. The molecular weight excluding hydrogens is 288 g/mol. The van der Waals surface area contributed by atoms with Crippen LogP contribution in [0.2, 0.25) is 0 Å². The van der Waals surface area contributed by atoms with Gasteiger partial charge in [-0.3, -0.25) is 0 Å². The number of nitrogens with zero attached hydrogens (tertiary/aromatic N) is 4. The molecule has 0 aliphatic rings. The lowest BCUT2D eigenvalue weighted by atomic mass is 10.2. The summed E-state index contributed by atoms with van der Waals surface area (Å²) in [5.41, 5.74) is 0.983. The third kappa shape index (κ3) is 3.81. The van der Waals surface area contributed by atoms with Gasteiger partial charge in [0.1, 0.15) is 6.61 Å². The van der Waals surface area contributed by atoms with Crippen LogP contribution in [-0.4, -0.2) is 26.4 Å². The fourth-order valence-electron chi connectivity index (χ4n) is 2.22. The van der Waals surface area contributed by atoms with Gasteiger partial charge in [-0.25, -0.2) is 9.97 Å². The van der Waals surface area contributed by atoms with Crippen LogP contribution in [0.3, 0.4) is 0 Å². The van der Waals surface area contributed by atoms with Gasteiger partial charge in [-0.05, 0) is 18.6 Å². The molecule has 5 nitrogen and oxygen atoms in total. The molecule has 0 bridgehead atoms. The van der Waals surface area contributed by atoms with Crippen molar-refractivity contribution in [2.24, 2.45) is 0 Å². The van der Waals surface area contributed by atoms with E-state index in [9.17, 15) is 0 Å². The van der Waals surface area contributed by atoms with Crippen molar-refractivity contribution in [3.8, 4) is 17.2 Å². The highest BCUT2D eigenvalue weighted by molar-refractivity contribution is 5.54. The van der Waals surface area contributed by atoms with Crippen LogP contribution in [0.5, 0.6) is 0 Å². The van der Waals surface area contributed by atoms with E-state index in [1.54, 1.807) is 10.9 Å². The number of aromatic nitrogens is 4. The number of unbranched alkanes of at least 4 members (excludes halogenated alkanes) is 1. The lowest BCUT2D eigenvalue weighted by Crippen LogP contribution is -2.07. The summed E-state index contributed by atoms with van der Waals surface area (Å²) in [6.45, 7) is 3.30. The number of rotatable bonds is 7. The van der Waals surface area contributed by atoms with E-state index >= 15 is 0 Å². The molecule has 2 heterocycles. The van der Waals surface area contributed by atoms with Gasteiger partial charge >= 0.3 is 0 Å². The average molecular weight is 308 g/mol. The Bertz CT molecular complexity index is 725. The lowest BCUT2D eigenvalue weighted by molar-refractivity contribution is 0.111. The summed E-state index contributed by atoms with van der Waals surface area (Å²) in [7, 11) is 0. The Balaban J connectivity index is 1.90. The molecule has 0 fully saturated rings. The van der Waals surface area contributed by atoms with Crippen molar-refractivity contribution < 1.29 is 4.74 Å². The van der Waals surface area contributed by atoms with Crippen LogP contribution in [0, 0.1) is 0 Å². The second kappa shape index (κ2) is 7.65. The molecule has 0 saturated heterocycles. The van der Waals surface area contributed by atoms with Gasteiger partial charge in [-0.1, -0.05) is 49.7 Å². The van der Waals surface area contributed by atoms with E-state index in [1.807, 2.05) is 48.5 Å². The van der Waals surface area contributed by atoms with Crippen LogP contribution in [0.4, 0.5) is 0 Å². The smallest absolute Gasteiger partial charge is 0.182 e. The summed E-state index contributed by atoms with van der Waals surface area (Å²) in [5.74, 6) is 2.19. The van der Waals surface area contributed by atoms with Crippen LogP contribution in [0.1, 0.15) is 25.6 Å². The molecule has 0 aliphatic heterocycles. The maximum absolute atomic E-state index is 5.72. The molecule has 0 atom stereocenters. The first-order valence-corrected chi connectivity index (χ1v) is 7.89. The Morgan fingerprint density at radius 3 is 2.61 bits per heavy atom. The van der Waals surface area contributed by atoms with Gasteiger partial charge in [0.25, 0.3) is 0 Å². The third-order valence-corrected chi connectivity index (χ3v) is 3.45. The summed E-state index contributed by atoms with van der Waals surface area (Å²) in [6, 6.07) is 15.7. The fraction of sp³-hybridized carbons (Fsp3) is 0.278. The minimum atomic E-state index is 0.427. The summed E-state index contributed by atoms with van der Waals surface area (Å²) < 4.78 is 7.48. The quantitative estimate of drug-likeness (QED) is 0.625. The minimum absolute atomic E-state index is 0.427. The van der Waals surface area contributed by atoms with E-state index in [2.05, 4.69) is 22.0 Å². The van der Waals surface area contributed by atoms with Gasteiger partial charge in [0.2, 0.25) is 0 Å². The molecule has 0 aliphatic carbocycles. The monoisotopic (exact) mass is 308 g/mol. The van der Waals surface area contributed by atoms with E-state index in [-0.39, 0.29) is 0 Å². The van der Waals surface area contributed by atoms with Crippen LogP contribution < -0.4 is 0 Å². The molecule has 5 heteroatoms. The van der Waals surface area contributed by atoms with E-state index < -0.39 is 0 Å². The zero-order valence-corrected chi connectivity index (χ0v) is 13.2. The van der Waals surface area contributed by atoms with Crippen molar-refractivity contribution in [3.63, 3.8) is 0 Å². The molecule has 0 unspecified atom stereocenters. The third-order valence-electron chi connectivity index (χ3n) is 3.45. The molecule has 0 radical (unpaired) electrons. The molecular formula is C18H20N4O. The van der Waals surface area contributed by atoms with Crippen LogP contribution >= 0.6 is 0 Å². The summed E-state index contributed by atoms with van der Waals surface area (Å²) in [5, 5.41) is 4.61. The Labute approximate surface area is 136 Å². The summed E-state index contributed by atoms with van der Waals surface area (Å²) >= 11 is 0. The molecule has 0 N–H and O–H groups in total. The van der Waals surface area contributed by atoms with Crippen molar-refractivity contribution in [1.29, 1.82) is 0 Å². The Kier molecular flexibility index (Phi) is 5.11. The van der Waals surface area contributed by atoms with Gasteiger partial charge in [0.05, 0.1) is 0 Å². The van der Waals surface area contributed by atoms with Crippen LogP contribution in [-0.2, 0) is 11.3 Å². The number of pyridine rings is 1. The maximum Gasteiger partial charge on any atom is 0.182 e. The topological polar surface area (TPSA) is 52.8 Å². The lowest BCUT2D eigenvalue weighted by Gasteiger charge is -2.05. The zero-order chi connectivity index (χ0) is 15.9. The first-order valence-electron chi connectivity index (χ1n) is 7.89. The molecule has 118 valence electrons. The first kappa shape index (κ1) is 15.4. The second-order valence-electron chi connectivity index (χ2n) is 5.22. The molecule has 0 spiro atoms. The van der Waals surface area contributed by atoms with E-state index in [1.165, 1.54) is 0 Å². The zero-order valence-electron chi connectivity index (χ0n) is 13.2. The Morgan fingerprint density at radius 1 is 1.04 bits per heavy atom. The largest absolute Gasteiger partial charge is 0.373 e. The van der Waals surface area contributed by atoms with Crippen molar-refractivity contribution in [2.45, 2.75) is 26.4 Å². The molecule has 0 amide bonds. The van der Waals surface area contributed by atoms with Crippen LogP contribution in [0.15, 0.2) is 54.7 Å². The number of benzene rings is 1. The summed E-state index contributed by atoms with van der Waals surface area (Å²) in [6.07, 6.45) is 3.91. The Morgan fingerprint density at radius 2 is 1.87 bits per heavy atom. The normalized spacial score (nSPS) is 10.8. The maximum atomic E-state index is 5.72.